The predicted molar refractivity (Wildman–Crippen MR) is 58.5 cm³/mol. The van der Waals surface area contributed by atoms with Crippen LogP contribution in [-0.2, 0) is 6.18 Å². The third-order valence-corrected chi connectivity index (χ3v) is 2.55. The summed E-state index contributed by atoms with van der Waals surface area (Å²) in [6, 6.07) is -0.976. The molecule has 0 aliphatic heterocycles. The van der Waals surface area contributed by atoms with E-state index in [1.54, 1.807) is 6.92 Å². The van der Waals surface area contributed by atoms with E-state index < -0.39 is 35.3 Å². The summed E-state index contributed by atoms with van der Waals surface area (Å²) in [4.78, 5) is 0. The van der Waals surface area contributed by atoms with E-state index >= 15 is 0 Å². The Morgan fingerprint density at radius 3 is 2.15 bits per heavy atom. The van der Waals surface area contributed by atoms with Gasteiger partial charge < -0.3 is 5.32 Å². The van der Waals surface area contributed by atoms with Crippen molar-refractivity contribution in [1.82, 2.24) is 5.32 Å². The van der Waals surface area contributed by atoms with E-state index in [4.69, 9.17) is 0 Å². The van der Waals surface area contributed by atoms with E-state index in [1.165, 1.54) is 0 Å². The first kappa shape index (κ1) is 16.7. The smallest absolute Gasteiger partial charge is 0.302 e. The highest BCUT2D eigenvalue weighted by molar-refractivity contribution is 5.30. The second-order valence-corrected chi connectivity index (χ2v) is 4.17. The molecule has 20 heavy (non-hydrogen) atoms. The van der Waals surface area contributed by atoms with Crippen LogP contribution in [0.3, 0.4) is 0 Å². The van der Waals surface area contributed by atoms with E-state index in [1.807, 2.05) is 0 Å². The van der Waals surface area contributed by atoms with Gasteiger partial charge in [-0.3, -0.25) is 0 Å². The summed E-state index contributed by atoms with van der Waals surface area (Å²) in [6.07, 6.45) is -9.43. The van der Waals surface area contributed by atoms with Gasteiger partial charge in [0.1, 0.15) is 11.9 Å². The molecule has 0 heterocycles. The van der Waals surface area contributed by atoms with Crippen LogP contribution >= 0.6 is 0 Å². The second-order valence-electron chi connectivity index (χ2n) is 4.17. The highest BCUT2D eigenvalue weighted by atomic mass is 19.4. The Balaban J connectivity index is 3.21. The molecule has 1 atom stereocenters. The zero-order chi connectivity index (χ0) is 15.6. The number of halogens is 7. The number of hydrogen-bond acceptors (Lipinski definition) is 1. The third-order valence-electron chi connectivity index (χ3n) is 2.55. The molecule has 114 valence electrons. The third kappa shape index (κ3) is 4.09. The standard InChI is InChI=1S/C12H12F7N/c1-2-5-20-10(12(17,18)19)7-3-4-9(13)8(6-7)11(14,15)16/h3-4,6,10,20H,2,5H2,1H3. The van der Waals surface area contributed by atoms with Gasteiger partial charge in [-0.2, -0.15) is 26.3 Å². The number of benzene rings is 1. The van der Waals surface area contributed by atoms with Crippen LogP contribution in [0.25, 0.3) is 0 Å². The van der Waals surface area contributed by atoms with Crippen LogP contribution in [0.5, 0.6) is 0 Å². The highest BCUT2D eigenvalue weighted by Crippen LogP contribution is 2.37. The van der Waals surface area contributed by atoms with Crippen molar-refractivity contribution in [2.45, 2.75) is 31.7 Å². The molecule has 0 fully saturated rings. The van der Waals surface area contributed by atoms with Gasteiger partial charge in [-0.05, 0) is 30.7 Å². The predicted octanol–water partition coefficient (Wildman–Crippen LogP) is 4.45. The average Bonchev–Trinajstić information content (AvgIpc) is 2.28. The van der Waals surface area contributed by atoms with Crippen LogP contribution < -0.4 is 5.32 Å². The molecule has 0 spiro atoms. The molecule has 0 amide bonds. The van der Waals surface area contributed by atoms with Crippen molar-refractivity contribution in [3.8, 4) is 0 Å². The van der Waals surface area contributed by atoms with E-state index in [0.717, 1.165) is 0 Å². The van der Waals surface area contributed by atoms with Crippen LogP contribution in [0.15, 0.2) is 18.2 Å². The fourth-order valence-corrected chi connectivity index (χ4v) is 1.65. The Bertz CT molecular complexity index is 450. The number of hydrogen-bond donors (Lipinski definition) is 1. The van der Waals surface area contributed by atoms with E-state index in [9.17, 15) is 30.7 Å². The number of alkyl halides is 6. The van der Waals surface area contributed by atoms with Gasteiger partial charge in [-0.1, -0.05) is 13.0 Å². The maximum atomic E-state index is 13.1. The summed E-state index contributed by atoms with van der Waals surface area (Å²) < 4.78 is 89.0. The van der Waals surface area contributed by atoms with Crippen LogP contribution in [-0.4, -0.2) is 12.7 Å². The fourth-order valence-electron chi connectivity index (χ4n) is 1.65. The Hall–Kier alpha value is -1.31. The summed E-state index contributed by atoms with van der Waals surface area (Å²) in [6.45, 7) is 1.59. The molecule has 0 aliphatic carbocycles. The van der Waals surface area contributed by atoms with Crippen LogP contribution in [0.4, 0.5) is 30.7 Å². The second kappa shape index (κ2) is 5.99. The zero-order valence-electron chi connectivity index (χ0n) is 10.4. The van der Waals surface area contributed by atoms with Crippen LogP contribution in [0.1, 0.15) is 30.5 Å². The number of rotatable bonds is 4. The van der Waals surface area contributed by atoms with Crippen molar-refractivity contribution >= 4 is 0 Å². The first-order valence-corrected chi connectivity index (χ1v) is 5.74. The lowest BCUT2D eigenvalue weighted by Crippen LogP contribution is -2.34. The zero-order valence-corrected chi connectivity index (χ0v) is 10.4. The summed E-state index contributed by atoms with van der Waals surface area (Å²) in [5.74, 6) is -1.60. The Morgan fingerprint density at radius 1 is 1.10 bits per heavy atom. The molecule has 1 nitrogen and oxygen atoms in total. The maximum absolute atomic E-state index is 13.1. The molecular weight excluding hydrogens is 291 g/mol. The van der Waals surface area contributed by atoms with Crippen molar-refractivity contribution in [3.63, 3.8) is 0 Å². The van der Waals surface area contributed by atoms with Gasteiger partial charge in [0.2, 0.25) is 0 Å². The minimum atomic E-state index is -5.04. The molecule has 1 unspecified atom stereocenters. The van der Waals surface area contributed by atoms with Gasteiger partial charge in [-0.25, -0.2) is 4.39 Å². The van der Waals surface area contributed by atoms with Crippen molar-refractivity contribution in [2.24, 2.45) is 0 Å². The first-order chi connectivity index (χ1) is 9.07. The molecular formula is C12H12F7N. The first-order valence-electron chi connectivity index (χ1n) is 5.74. The largest absolute Gasteiger partial charge is 0.419 e. The molecule has 0 aromatic heterocycles. The summed E-state index contributed by atoms with van der Waals surface area (Å²) >= 11 is 0. The van der Waals surface area contributed by atoms with Crippen molar-refractivity contribution < 1.29 is 30.7 Å². The molecule has 0 aliphatic rings. The minimum Gasteiger partial charge on any atom is -0.302 e. The van der Waals surface area contributed by atoms with Crippen LogP contribution in [0, 0.1) is 5.82 Å². The fraction of sp³-hybridized carbons (Fsp3) is 0.500. The molecule has 0 bridgehead atoms. The number of nitrogens with one attached hydrogen (secondary N) is 1. The molecule has 1 aromatic carbocycles. The van der Waals surface area contributed by atoms with E-state index in [0.29, 0.717) is 18.6 Å². The lowest BCUT2D eigenvalue weighted by molar-refractivity contribution is -0.158. The molecule has 8 heteroatoms. The molecule has 1 rings (SSSR count). The Kier molecular flexibility index (Phi) is 5.01. The maximum Gasteiger partial charge on any atom is 0.419 e. The van der Waals surface area contributed by atoms with Gasteiger partial charge in [0, 0.05) is 0 Å². The van der Waals surface area contributed by atoms with E-state index in [2.05, 4.69) is 5.32 Å². The summed E-state index contributed by atoms with van der Waals surface area (Å²) in [7, 11) is 0. The lowest BCUT2D eigenvalue weighted by atomic mass is 10.0. The SMILES string of the molecule is CCCNC(c1ccc(F)c(C(F)(F)F)c1)C(F)(F)F. The molecule has 1 aromatic rings. The molecule has 1 N–H and O–H groups in total. The van der Waals surface area contributed by atoms with Gasteiger partial charge >= 0.3 is 12.4 Å². The van der Waals surface area contributed by atoms with Crippen molar-refractivity contribution in [1.29, 1.82) is 0 Å². The highest BCUT2D eigenvalue weighted by Gasteiger charge is 2.42. The molecule has 0 saturated heterocycles. The van der Waals surface area contributed by atoms with Gasteiger partial charge in [0.25, 0.3) is 0 Å². The normalized spacial score (nSPS) is 14.4. The topological polar surface area (TPSA) is 12.0 Å². The monoisotopic (exact) mass is 303 g/mol. The van der Waals surface area contributed by atoms with Crippen molar-refractivity contribution in [2.75, 3.05) is 6.54 Å². The Labute approximate surface area is 110 Å². The molecule has 0 radical (unpaired) electrons. The quantitative estimate of drug-likeness (QED) is 0.810. The van der Waals surface area contributed by atoms with Gasteiger partial charge in [-0.15, -0.1) is 0 Å². The lowest BCUT2D eigenvalue weighted by Gasteiger charge is -2.23. The summed E-state index contributed by atoms with van der Waals surface area (Å²) in [5, 5.41) is 2.11. The van der Waals surface area contributed by atoms with Gasteiger partial charge in [0.05, 0.1) is 5.56 Å². The minimum absolute atomic E-state index is 0.0249. The van der Waals surface area contributed by atoms with E-state index in [-0.39, 0.29) is 12.6 Å². The molecule has 0 saturated carbocycles. The Morgan fingerprint density at radius 2 is 1.70 bits per heavy atom. The van der Waals surface area contributed by atoms with Crippen LogP contribution in [0.2, 0.25) is 0 Å². The summed E-state index contributed by atoms with van der Waals surface area (Å²) in [5.41, 5.74) is -2.37. The van der Waals surface area contributed by atoms with Crippen molar-refractivity contribution in [3.05, 3.63) is 35.1 Å². The van der Waals surface area contributed by atoms with Gasteiger partial charge in [0.15, 0.2) is 0 Å². The average molecular weight is 303 g/mol.